The Labute approximate surface area is 110 Å². The maximum Gasteiger partial charge on any atom is 0.110 e. The fraction of sp³-hybridized carbons (Fsp3) is 0.786. The summed E-state index contributed by atoms with van der Waals surface area (Å²) in [5.74, 6) is 6.96. The minimum Gasteiger partial charge on any atom is -0.335 e. The van der Waals surface area contributed by atoms with E-state index in [2.05, 4.69) is 28.8 Å². The van der Waals surface area contributed by atoms with Crippen LogP contribution < -0.4 is 11.3 Å². The molecule has 1 aromatic heterocycles. The van der Waals surface area contributed by atoms with E-state index in [1.165, 1.54) is 32.1 Å². The monoisotopic (exact) mass is 250 g/mol. The van der Waals surface area contributed by atoms with Gasteiger partial charge >= 0.3 is 0 Å². The molecular formula is C14H26N4. The van der Waals surface area contributed by atoms with Crippen LogP contribution in [0.15, 0.2) is 12.4 Å². The predicted octanol–water partition coefficient (Wildman–Crippen LogP) is 2.25. The maximum atomic E-state index is 5.81. The third-order valence-corrected chi connectivity index (χ3v) is 4.57. The van der Waals surface area contributed by atoms with Gasteiger partial charge in [0.05, 0.1) is 0 Å². The van der Waals surface area contributed by atoms with Crippen molar-refractivity contribution in [2.45, 2.75) is 65.0 Å². The summed E-state index contributed by atoms with van der Waals surface area (Å²) in [6, 6.07) is 0.325. The molecule has 1 aliphatic rings. The van der Waals surface area contributed by atoms with E-state index in [4.69, 9.17) is 5.84 Å². The maximum absolute atomic E-state index is 5.81. The van der Waals surface area contributed by atoms with Crippen molar-refractivity contribution in [1.29, 1.82) is 0 Å². The number of hydrogen-bond donors (Lipinski definition) is 2. The number of nitrogens with zero attached hydrogens (tertiary/aromatic N) is 2. The van der Waals surface area contributed by atoms with E-state index < -0.39 is 0 Å². The molecule has 0 radical (unpaired) electrons. The van der Waals surface area contributed by atoms with E-state index in [0.29, 0.717) is 11.5 Å². The summed E-state index contributed by atoms with van der Waals surface area (Å²) in [7, 11) is 0. The molecule has 0 aromatic carbocycles. The zero-order valence-electron chi connectivity index (χ0n) is 11.7. The van der Waals surface area contributed by atoms with Gasteiger partial charge in [0.15, 0.2) is 0 Å². The fourth-order valence-electron chi connectivity index (χ4n) is 3.21. The molecule has 2 rings (SSSR count). The second-order valence-electron chi connectivity index (χ2n) is 5.77. The summed E-state index contributed by atoms with van der Waals surface area (Å²) in [5.41, 5.74) is 3.37. The van der Waals surface area contributed by atoms with Gasteiger partial charge in [0.1, 0.15) is 5.82 Å². The Morgan fingerprint density at radius 1 is 1.44 bits per heavy atom. The van der Waals surface area contributed by atoms with Crippen LogP contribution in [0.25, 0.3) is 0 Å². The molecule has 102 valence electrons. The number of aryl methyl sites for hydroxylation is 1. The third kappa shape index (κ3) is 2.75. The van der Waals surface area contributed by atoms with Gasteiger partial charge < -0.3 is 4.57 Å². The van der Waals surface area contributed by atoms with Crippen molar-refractivity contribution in [3.05, 3.63) is 18.2 Å². The van der Waals surface area contributed by atoms with Crippen molar-refractivity contribution in [3.63, 3.8) is 0 Å². The Morgan fingerprint density at radius 2 is 2.17 bits per heavy atom. The number of aromatic nitrogens is 2. The smallest absolute Gasteiger partial charge is 0.110 e. The average Bonchev–Trinajstić information content (AvgIpc) is 2.83. The molecule has 4 heteroatoms. The lowest BCUT2D eigenvalue weighted by molar-refractivity contribution is 0.142. The zero-order valence-corrected chi connectivity index (χ0v) is 11.7. The van der Waals surface area contributed by atoms with E-state index in [9.17, 15) is 0 Å². The highest BCUT2D eigenvalue weighted by molar-refractivity contribution is 5.00. The molecule has 0 aliphatic heterocycles. The summed E-state index contributed by atoms with van der Waals surface area (Å²) in [5, 5.41) is 0. The molecule has 1 saturated carbocycles. The van der Waals surface area contributed by atoms with E-state index in [1.54, 1.807) is 0 Å². The van der Waals surface area contributed by atoms with Gasteiger partial charge in [-0.25, -0.2) is 4.98 Å². The number of hydrazine groups is 1. The minimum atomic E-state index is 0.317. The number of nitrogens with two attached hydrogens (primary N) is 1. The third-order valence-electron chi connectivity index (χ3n) is 4.57. The van der Waals surface area contributed by atoms with Gasteiger partial charge in [-0.2, -0.15) is 0 Å². The second kappa shape index (κ2) is 5.85. The van der Waals surface area contributed by atoms with E-state index >= 15 is 0 Å². The van der Waals surface area contributed by atoms with Gasteiger partial charge in [-0.3, -0.25) is 11.3 Å². The molecule has 0 saturated heterocycles. The molecule has 1 unspecified atom stereocenters. The van der Waals surface area contributed by atoms with Gasteiger partial charge in [-0.05, 0) is 25.2 Å². The van der Waals surface area contributed by atoms with Gasteiger partial charge in [0.25, 0.3) is 0 Å². The number of hydrogen-bond acceptors (Lipinski definition) is 3. The van der Waals surface area contributed by atoms with Crippen molar-refractivity contribution >= 4 is 0 Å². The Balaban J connectivity index is 2.09. The quantitative estimate of drug-likeness (QED) is 0.622. The average molecular weight is 250 g/mol. The van der Waals surface area contributed by atoms with Crippen LogP contribution in [-0.4, -0.2) is 15.6 Å². The van der Waals surface area contributed by atoms with Crippen LogP contribution in [0.4, 0.5) is 0 Å². The summed E-state index contributed by atoms with van der Waals surface area (Å²) in [6.45, 7) is 5.50. The lowest BCUT2D eigenvalue weighted by Gasteiger charge is -2.40. The van der Waals surface area contributed by atoms with Crippen LogP contribution in [0.5, 0.6) is 0 Å². The number of nitrogens with one attached hydrogen (secondary N) is 1. The lowest BCUT2D eigenvalue weighted by atomic mass is 9.70. The summed E-state index contributed by atoms with van der Waals surface area (Å²) >= 11 is 0. The number of imidazole rings is 1. The first kappa shape index (κ1) is 13.6. The highest BCUT2D eigenvalue weighted by Crippen LogP contribution is 2.39. The van der Waals surface area contributed by atoms with Crippen molar-refractivity contribution in [2.24, 2.45) is 11.3 Å². The summed E-state index contributed by atoms with van der Waals surface area (Å²) in [6.07, 6.45) is 11.4. The van der Waals surface area contributed by atoms with Gasteiger partial charge in [0, 0.05) is 31.4 Å². The molecular weight excluding hydrogens is 224 g/mol. The molecule has 0 spiro atoms. The van der Waals surface area contributed by atoms with E-state index in [0.717, 1.165) is 18.8 Å². The molecule has 1 atom stereocenters. The Hall–Kier alpha value is -0.870. The van der Waals surface area contributed by atoms with Gasteiger partial charge in [0.2, 0.25) is 0 Å². The summed E-state index contributed by atoms with van der Waals surface area (Å²) < 4.78 is 2.20. The molecule has 3 N–H and O–H groups in total. The van der Waals surface area contributed by atoms with Crippen molar-refractivity contribution in [2.75, 3.05) is 0 Å². The van der Waals surface area contributed by atoms with Crippen molar-refractivity contribution in [3.8, 4) is 0 Å². The van der Waals surface area contributed by atoms with E-state index in [-0.39, 0.29) is 0 Å². The molecule has 18 heavy (non-hydrogen) atoms. The highest BCUT2D eigenvalue weighted by atomic mass is 15.2. The first-order valence-electron chi connectivity index (χ1n) is 7.16. The van der Waals surface area contributed by atoms with Crippen LogP contribution in [0.1, 0.15) is 51.8 Å². The second-order valence-corrected chi connectivity index (χ2v) is 5.77. The normalized spacial score (nSPS) is 20.8. The first-order chi connectivity index (χ1) is 8.69. The largest absolute Gasteiger partial charge is 0.335 e. The Bertz CT molecular complexity index is 366. The van der Waals surface area contributed by atoms with Crippen molar-refractivity contribution in [1.82, 2.24) is 15.0 Å². The predicted molar refractivity (Wildman–Crippen MR) is 73.9 cm³/mol. The molecule has 1 fully saturated rings. The summed E-state index contributed by atoms with van der Waals surface area (Å²) in [4.78, 5) is 4.47. The fourth-order valence-corrected chi connectivity index (χ4v) is 3.21. The van der Waals surface area contributed by atoms with Crippen LogP contribution in [0.3, 0.4) is 0 Å². The molecule has 4 nitrogen and oxygen atoms in total. The highest BCUT2D eigenvalue weighted by Gasteiger charge is 2.35. The molecule has 1 aromatic rings. The molecule has 1 heterocycles. The first-order valence-corrected chi connectivity index (χ1v) is 7.16. The van der Waals surface area contributed by atoms with Gasteiger partial charge in [-0.15, -0.1) is 0 Å². The Kier molecular flexibility index (Phi) is 4.40. The number of rotatable bonds is 5. The molecule has 0 amide bonds. The van der Waals surface area contributed by atoms with E-state index in [1.807, 2.05) is 12.4 Å². The zero-order chi connectivity index (χ0) is 13.0. The van der Waals surface area contributed by atoms with Crippen LogP contribution >= 0.6 is 0 Å². The standard InChI is InChI=1S/C14H26N4/c1-3-18-10-9-16-13(18)11-12(17-15)14(2)7-5-4-6-8-14/h9-10,12,17H,3-8,11,15H2,1-2H3. The van der Waals surface area contributed by atoms with Crippen LogP contribution in [0, 0.1) is 5.41 Å². The van der Waals surface area contributed by atoms with Crippen LogP contribution in [0.2, 0.25) is 0 Å². The molecule has 1 aliphatic carbocycles. The minimum absolute atomic E-state index is 0.317. The van der Waals surface area contributed by atoms with Crippen molar-refractivity contribution < 1.29 is 0 Å². The SMILES string of the molecule is CCn1ccnc1CC(NN)C1(C)CCCCC1. The lowest BCUT2D eigenvalue weighted by Crippen LogP contribution is -2.49. The molecule has 0 bridgehead atoms. The Morgan fingerprint density at radius 3 is 2.78 bits per heavy atom. The van der Waals surface area contributed by atoms with Gasteiger partial charge in [-0.1, -0.05) is 26.2 Å². The van der Waals surface area contributed by atoms with Crippen LogP contribution in [-0.2, 0) is 13.0 Å². The topological polar surface area (TPSA) is 55.9 Å².